The fourth-order valence-corrected chi connectivity index (χ4v) is 4.11. The van der Waals surface area contributed by atoms with Gasteiger partial charge in [-0.05, 0) is 42.5 Å². The molecule has 3 aromatic carbocycles. The van der Waals surface area contributed by atoms with Gasteiger partial charge in [-0.15, -0.1) is 0 Å². The van der Waals surface area contributed by atoms with Crippen molar-refractivity contribution in [2.24, 2.45) is 0 Å². The number of nitrogens with one attached hydrogen (secondary N) is 1. The number of benzene rings is 3. The third kappa shape index (κ3) is 7.26. The average Bonchev–Trinajstić information content (AvgIpc) is 2.88. The number of halogens is 15. The van der Waals surface area contributed by atoms with E-state index in [2.05, 4.69) is 4.74 Å². The predicted octanol–water partition coefficient (Wildman–Crippen LogP) is 9.21. The first-order chi connectivity index (χ1) is 20.5. The summed E-state index contributed by atoms with van der Waals surface area (Å²) in [4.78, 5) is 25.3. The van der Waals surface area contributed by atoms with Crippen molar-refractivity contribution in [1.29, 1.82) is 0 Å². The minimum absolute atomic E-state index is 0.109. The Labute approximate surface area is 246 Å². The largest absolute Gasteiger partial charge is 0.435 e. The Hall–Kier alpha value is -4.09. The van der Waals surface area contributed by atoms with E-state index in [0.717, 1.165) is 12.1 Å². The number of Topliss-reactive ketones (excluding diaryl/α,β-unsaturated/α-hetero) is 1. The van der Waals surface area contributed by atoms with Gasteiger partial charge >= 0.3 is 30.8 Å². The maximum absolute atomic E-state index is 15.2. The van der Waals surface area contributed by atoms with Crippen LogP contribution in [0.5, 0.6) is 5.75 Å². The van der Waals surface area contributed by atoms with Gasteiger partial charge in [0.25, 0.3) is 5.91 Å². The van der Waals surface area contributed by atoms with Gasteiger partial charge in [-0.25, -0.2) is 13.2 Å². The SMILES string of the molecule is O=C(Nc1cccc(C(=O)Cc2c(Cl)cc(C(F)(C(F)(F)F)C(F)(F)F)cc2OC(F)F)c1F)c1cc(C(F)(F)F)ccc1F. The number of ketones is 1. The Bertz CT molecular complexity index is 1600. The third-order valence-corrected chi connectivity index (χ3v) is 6.31. The number of amides is 1. The van der Waals surface area contributed by atoms with Crippen LogP contribution in [0.2, 0.25) is 5.02 Å². The summed E-state index contributed by atoms with van der Waals surface area (Å²) in [6.45, 7) is -3.96. The molecule has 3 aromatic rings. The molecular formula is C26H12ClF14NO3. The standard InChI is InChI=1S/C26H12ClF14NO3/c27-15-7-11(23(32,25(36,37)38)26(39,40)41)8-19(45-22(30)31)13(15)9-18(43)12-2-1-3-17(20(12)29)42-21(44)14-6-10(24(33,34)35)4-5-16(14)28/h1-8,22H,9H2,(H,42,44). The van der Waals surface area contributed by atoms with Crippen LogP contribution < -0.4 is 10.1 Å². The molecule has 4 nitrogen and oxygen atoms in total. The molecule has 0 bridgehead atoms. The number of hydrogen-bond donors (Lipinski definition) is 1. The lowest BCUT2D eigenvalue weighted by Crippen LogP contribution is -2.50. The predicted molar refractivity (Wildman–Crippen MR) is 127 cm³/mol. The van der Waals surface area contributed by atoms with Crippen molar-refractivity contribution in [2.75, 3.05) is 5.32 Å². The summed E-state index contributed by atoms with van der Waals surface area (Å²) in [5.74, 6) is -7.78. The second-order valence-electron chi connectivity index (χ2n) is 8.88. The smallest absolute Gasteiger partial charge is 0.434 e. The number of hydrogen-bond acceptors (Lipinski definition) is 3. The highest BCUT2D eigenvalue weighted by Gasteiger charge is 2.73. The molecule has 1 N–H and O–H groups in total. The first-order valence-electron chi connectivity index (χ1n) is 11.6. The maximum atomic E-state index is 15.2. The molecule has 3 rings (SSSR count). The molecule has 0 spiro atoms. The van der Waals surface area contributed by atoms with E-state index in [1.807, 2.05) is 0 Å². The van der Waals surface area contributed by atoms with E-state index in [1.54, 1.807) is 5.32 Å². The van der Waals surface area contributed by atoms with E-state index in [0.29, 0.717) is 18.2 Å². The lowest BCUT2D eigenvalue weighted by molar-refractivity contribution is -0.348. The van der Waals surface area contributed by atoms with Crippen molar-refractivity contribution < 1.29 is 75.8 Å². The first-order valence-corrected chi connectivity index (χ1v) is 12.0. The van der Waals surface area contributed by atoms with Crippen molar-refractivity contribution in [3.63, 3.8) is 0 Å². The van der Waals surface area contributed by atoms with Gasteiger partial charge in [0.1, 0.15) is 11.6 Å². The fraction of sp³-hybridized carbons (Fsp3) is 0.231. The molecule has 0 radical (unpaired) electrons. The molecule has 0 atom stereocenters. The number of alkyl halides is 12. The highest BCUT2D eigenvalue weighted by atomic mass is 35.5. The van der Waals surface area contributed by atoms with Gasteiger partial charge in [0.15, 0.2) is 11.6 Å². The summed E-state index contributed by atoms with van der Waals surface area (Å²) in [6, 6.07) is 2.40. The summed E-state index contributed by atoms with van der Waals surface area (Å²) >= 11 is 5.68. The van der Waals surface area contributed by atoms with Crippen molar-refractivity contribution in [2.45, 2.75) is 37.2 Å². The summed E-state index contributed by atoms with van der Waals surface area (Å²) in [7, 11) is 0. The normalized spacial score (nSPS) is 12.8. The van der Waals surface area contributed by atoms with Gasteiger partial charge in [-0.2, -0.15) is 48.3 Å². The van der Waals surface area contributed by atoms with Crippen LogP contribution in [0.25, 0.3) is 0 Å². The molecule has 0 aliphatic rings. The van der Waals surface area contributed by atoms with Crippen molar-refractivity contribution in [3.05, 3.63) is 93.0 Å². The summed E-state index contributed by atoms with van der Waals surface area (Å²) < 4.78 is 192. The van der Waals surface area contributed by atoms with Gasteiger partial charge in [-0.3, -0.25) is 9.59 Å². The zero-order chi connectivity index (χ0) is 34.3. The Morgan fingerprint density at radius 2 is 1.40 bits per heavy atom. The van der Waals surface area contributed by atoms with Crippen LogP contribution in [0, 0.1) is 11.6 Å². The van der Waals surface area contributed by atoms with Crippen LogP contribution in [-0.4, -0.2) is 30.7 Å². The quantitative estimate of drug-likeness (QED) is 0.190. The number of carbonyl (C=O) groups is 2. The molecule has 244 valence electrons. The molecule has 0 saturated heterocycles. The van der Waals surface area contributed by atoms with E-state index in [4.69, 9.17) is 11.6 Å². The molecule has 0 saturated carbocycles. The first kappa shape index (κ1) is 35.4. The van der Waals surface area contributed by atoms with Gasteiger partial charge in [0, 0.05) is 22.6 Å². The Balaban J connectivity index is 2.01. The average molecular weight is 688 g/mol. The van der Waals surface area contributed by atoms with E-state index in [1.165, 1.54) is 0 Å². The van der Waals surface area contributed by atoms with Crippen molar-refractivity contribution in [3.8, 4) is 5.75 Å². The Kier molecular flexibility index (Phi) is 9.72. The second-order valence-corrected chi connectivity index (χ2v) is 9.29. The minimum atomic E-state index is -6.68. The number of anilines is 1. The topological polar surface area (TPSA) is 55.4 Å². The molecule has 45 heavy (non-hydrogen) atoms. The fourth-order valence-electron chi connectivity index (χ4n) is 3.84. The molecular weight excluding hydrogens is 676 g/mol. The summed E-state index contributed by atoms with van der Waals surface area (Å²) in [6.07, 6.45) is -19.7. The van der Waals surface area contributed by atoms with E-state index >= 15 is 4.39 Å². The second kappa shape index (κ2) is 12.4. The van der Waals surface area contributed by atoms with Crippen LogP contribution in [0.1, 0.15) is 37.4 Å². The lowest BCUT2D eigenvalue weighted by Gasteiger charge is -2.31. The van der Waals surface area contributed by atoms with Gasteiger partial charge in [-0.1, -0.05) is 17.7 Å². The number of carbonyl (C=O) groups excluding carboxylic acids is 2. The lowest BCUT2D eigenvalue weighted by atomic mass is 9.91. The zero-order valence-corrected chi connectivity index (χ0v) is 22.1. The Morgan fingerprint density at radius 3 is 1.93 bits per heavy atom. The van der Waals surface area contributed by atoms with Crippen LogP contribution in [-0.2, 0) is 18.3 Å². The minimum Gasteiger partial charge on any atom is -0.434 e. The molecule has 0 aromatic heterocycles. The van der Waals surface area contributed by atoms with Crippen molar-refractivity contribution >= 4 is 29.0 Å². The molecule has 19 heteroatoms. The van der Waals surface area contributed by atoms with Crippen LogP contribution in [0.4, 0.5) is 67.2 Å². The molecule has 0 unspecified atom stereocenters. The van der Waals surface area contributed by atoms with Crippen molar-refractivity contribution in [1.82, 2.24) is 0 Å². The molecule has 0 aliphatic heterocycles. The molecule has 0 aliphatic carbocycles. The molecule has 0 fully saturated rings. The van der Waals surface area contributed by atoms with E-state index in [9.17, 15) is 66.7 Å². The third-order valence-electron chi connectivity index (χ3n) is 5.97. The Morgan fingerprint density at radius 1 is 0.800 bits per heavy atom. The highest BCUT2D eigenvalue weighted by Crippen LogP contribution is 2.54. The highest BCUT2D eigenvalue weighted by molar-refractivity contribution is 6.32. The number of rotatable bonds is 8. The van der Waals surface area contributed by atoms with Gasteiger partial charge in [0.2, 0.25) is 0 Å². The van der Waals surface area contributed by atoms with Crippen LogP contribution in [0.3, 0.4) is 0 Å². The van der Waals surface area contributed by atoms with Gasteiger partial charge < -0.3 is 10.1 Å². The maximum Gasteiger partial charge on any atom is 0.435 e. The van der Waals surface area contributed by atoms with E-state index in [-0.39, 0.29) is 12.1 Å². The van der Waals surface area contributed by atoms with Gasteiger partial charge in [0.05, 0.1) is 22.4 Å². The summed E-state index contributed by atoms with van der Waals surface area (Å²) in [5.41, 5.74) is -14.1. The zero-order valence-electron chi connectivity index (χ0n) is 21.3. The monoisotopic (exact) mass is 687 g/mol. The number of ether oxygens (including phenoxy) is 1. The van der Waals surface area contributed by atoms with Crippen LogP contribution >= 0.6 is 11.6 Å². The molecule has 1 amide bonds. The summed E-state index contributed by atoms with van der Waals surface area (Å²) in [5, 5.41) is 0.420. The molecule has 0 heterocycles. The van der Waals surface area contributed by atoms with Crippen LogP contribution in [0.15, 0.2) is 48.5 Å². The van der Waals surface area contributed by atoms with E-state index < -0.39 is 111 Å².